The molecule has 1 aliphatic rings. The number of hydrogen-bond donors (Lipinski definition) is 2. The highest BCUT2D eigenvalue weighted by Gasteiger charge is 2.33. The maximum Gasteiger partial charge on any atom is 0.231 e. The Balaban J connectivity index is 1.30. The Morgan fingerprint density at radius 2 is 1.83 bits per heavy atom. The maximum absolute atomic E-state index is 12.7. The number of H-pyrrole nitrogens is 1. The lowest BCUT2D eigenvalue weighted by molar-refractivity contribution is -0.116. The van der Waals surface area contributed by atoms with E-state index in [1.165, 1.54) is 0 Å². The Kier molecular flexibility index (Phi) is 5.26. The molecule has 1 amide bonds. The number of carbonyl (C=O) groups excluding carboxylic acids is 1. The third kappa shape index (κ3) is 3.94. The van der Waals surface area contributed by atoms with Gasteiger partial charge in [0.15, 0.2) is 0 Å². The van der Waals surface area contributed by atoms with Gasteiger partial charge in [0.25, 0.3) is 0 Å². The molecule has 0 aliphatic carbocycles. The van der Waals surface area contributed by atoms with Gasteiger partial charge in [0, 0.05) is 28.5 Å². The number of para-hydroxylation sites is 2. The zero-order chi connectivity index (χ0) is 23.9. The lowest BCUT2D eigenvalue weighted by atomic mass is 9.86. The van der Waals surface area contributed by atoms with Crippen LogP contribution in [0.2, 0.25) is 5.02 Å². The monoisotopic (exact) mass is 483 g/mol. The summed E-state index contributed by atoms with van der Waals surface area (Å²) in [6.45, 7) is 2.35. The van der Waals surface area contributed by atoms with Gasteiger partial charge in [-0.25, -0.2) is 4.98 Å². The molecule has 0 saturated carbocycles. The van der Waals surface area contributed by atoms with Crippen molar-refractivity contribution in [3.05, 3.63) is 100 Å². The van der Waals surface area contributed by atoms with Crippen LogP contribution < -0.4 is 10.1 Å². The van der Waals surface area contributed by atoms with Gasteiger partial charge in [-0.15, -0.1) is 0 Å². The summed E-state index contributed by atoms with van der Waals surface area (Å²) in [7, 11) is 0. The average Bonchev–Trinajstić information content (AvgIpc) is 3.44. The van der Waals surface area contributed by atoms with E-state index in [9.17, 15) is 4.79 Å². The number of hydrogen-bond acceptors (Lipinski definition) is 4. The summed E-state index contributed by atoms with van der Waals surface area (Å²) in [5.41, 5.74) is 5.56. The van der Waals surface area contributed by atoms with E-state index in [0.717, 1.165) is 39.2 Å². The molecule has 3 heterocycles. The Bertz CT molecular complexity index is 1520. The van der Waals surface area contributed by atoms with Crippen LogP contribution in [0.3, 0.4) is 0 Å². The summed E-state index contributed by atoms with van der Waals surface area (Å²) in [6, 6.07) is 23.3. The molecular formula is C27H22ClN5O2. The van der Waals surface area contributed by atoms with Crippen LogP contribution in [0.1, 0.15) is 34.7 Å². The van der Waals surface area contributed by atoms with E-state index in [0.29, 0.717) is 29.8 Å². The number of fused-ring (bicyclic) bond motifs is 2. The number of carbonyl (C=O) groups is 1. The Morgan fingerprint density at radius 1 is 1.06 bits per heavy atom. The molecule has 2 N–H and O–H groups in total. The number of halogens is 1. The highest BCUT2D eigenvalue weighted by atomic mass is 35.5. The molecule has 0 saturated heterocycles. The zero-order valence-corrected chi connectivity index (χ0v) is 19.7. The molecule has 0 radical (unpaired) electrons. The Morgan fingerprint density at radius 3 is 2.63 bits per heavy atom. The van der Waals surface area contributed by atoms with Crippen LogP contribution >= 0.6 is 11.6 Å². The van der Waals surface area contributed by atoms with E-state index in [4.69, 9.17) is 21.4 Å². The second kappa shape index (κ2) is 8.60. The number of anilines is 1. The predicted octanol–water partition coefficient (Wildman–Crippen LogP) is 5.76. The highest BCUT2D eigenvalue weighted by Crippen LogP contribution is 2.40. The van der Waals surface area contributed by atoms with Crippen molar-refractivity contribution in [3.8, 4) is 11.7 Å². The third-order valence-corrected chi connectivity index (χ3v) is 6.68. The Hall–Kier alpha value is -4.10. The standard InChI is InChI=1S/C27H22ClN5O2/c1-16-25-20(17-10-12-19(13-11-17)35-15-18-6-2-3-7-21(18)28)14-24(34)31-26(25)33(32-16)27-29-22-8-4-5-9-23(22)30-27/h2-13,20H,14-15H2,1H3,(H,29,30)(H,31,34). The van der Waals surface area contributed by atoms with Crippen molar-refractivity contribution in [1.29, 1.82) is 0 Å². The van der Waals surface area contributed by atoms with Crippen LogP contribution in [-0.4, -0.2) is 25.7 Å². The van der Waals surface area contributed by atoms with Gasteiger partial charge in [0.2, 0.25) is 11.9 Å². The molecule has 2 aromatic heterocycles. The van der Waals surface area contributed by atoms with Gasteiger partial charge < -0.3 is 15.0 Å². The normalized spacial score (nSPS) is 15.1. The number of nitrogens with zero attached hydrogens (tertiary/aromatic N) is 3. The van der Waals surface area contributed by atoms with Gasteiger partial charge in [0.1, 0.15) is 18.2 Å². The molecule has 6 rings (SSSR count). The molecule has 7 nitrogen and oxygen atoms in total. The van der Waals surface area contributed by atoms with Crippen LogP contribution in [0.5, 0.6) is 5.75 Å². The summed E-state index contributed by atoms with van der Waals surface area (Å²) in [5, 5.41) is 8.42. The summed E-state index contributed by atoms with van der Waals surface area (Å²) < 4.78 is 7.62. The molecular weight excluding hydrogens is 462 g/mol. The van der Waals surface area contributed by atoms with Crippen molar-refractivity contribution in [2.45, 2.75) is 25.9 Å². The van der Waals surface area contributed by atoms with E-state index in [1.54, 1.807) is 4.68 Å². The fourth-order valence-corrected chi connectivity index (χ4v) is 4.79. The van der Waals surface area contributed by atoms with Crippen LogP contribution in [0.15, 0.2) is 72.8 Å². The van der Waals surface area contributed by atoms with Crippen LogP contribution in [0.4, 0.5) is 5.82 Å². The Labute approximate surface area is 206 Å². The number of rotatable bonds is 5. The molecule has 0 bridgehead atoms. The molecule has 1 aliphatic heterocycles. The molecule has 0 fully saturated rings. The number of ether oxygens (including phenoxy) is 1. The summed E-state index contributed by atoms with van der Waals surface area (Å²) in [6.07, 6.45) is 0.347. The summed E-state index contributed by atoms with van der Waals surface area (Å²) in [4.78, 5) is 20.7. The van der Waals surface area contributed by atoms with Gasteiger partial charge in [0.05, 0.1) is 16.7 Å². The van der Waals surface area contributed by atoms with E-state index in [-0.39, 0.29) is 11.8 Å². The number of aromatic nitrogens is 4. The van der Waals surface area contributed by atoms with Crippen molar-refractivity contribution in [2.75, 3.05) is 5.32 Å². The largest absolute Gasteiger partial charge is 0.489 e. The summed E-state index contributed by atoms with van der Waals surface area (Å²) in [5.74, 6) is 1.79. The van der Waals surface area contributed by atoms with Gasteiger partial charge in [-0.3, -0.25) is 4.79 Å². The number of aromatic amines is 1. The lowest BCUT2D eigenvalue weighted by Crippen LogP contribution is -2.25. The van der Waals surface area contributed by atoms with Crippen LogP contribution in [-0.2, 0) is 11.4 Å². The van der Waals surface area contributed by atoms with Crippen molar-refractivity contribution >= 4 is 34.4 Å². The fraction of sp³-hybridized carbons (Fsp3) is 0.148. The van der Waals surface area contributed by atoms with E-state index in [2.05, 4.69) is 15.3 Å². The third-order valence-electron chi connectivity index (χ3n) is 6.31. The highest BCUT2D eigenvalue weighted by molar-refractivity contribution is 6.31. The van der Waals surface area contributed by atoms with Crippen LogP contribution in [0.25, 0.3) is 17.0 Å². The molecule has 174 valence electrons. The molecule has 3 aromatic carbocycles. The minimum atomic E-state index is -0.116. The first-order valence-electron chi connectivity index (χ1n) is 11.4. The van der Waals surface area contributed by atoms with Gasteiger partial charge in [-0.05, 0) is 42.8 Å². The minimum Gasteiger partial charge on any atom is -0.489 e. The SMILES string of the molecule is Cc1nn(-c2nc3ccccc3[nH]2)c2c1C(c1ccc(OCc3ccccc3Cl)cc1)CC(=O)N2. The molecule has 5 aromatic rings. The minimum absolute atomic E-state index is 0.0567. The fourth-order valence-electron chi connectivity index (χ4n) is 4.60. The van der Waals surface area contributed by atoms with E-state index < -0.39 is 0 Å². The first-order chi connectivity index (χ1) is 17.1. The van der Waals surface area contributed by atoms with Crippen LogP contribution in [0, 0.1) is 6.92 Å². The lowest BCUT2D eigenvalue weighted by Gasteiger charge is -2.24. The second-order valence-corrected chi connectivity index (χ2v) is 9.00. The van der Waals surface area contributed by atoms with Crippen molar-refractivity contribution in [2.24, 2.45) is 0 Å². The predicted molar refractivity (Wildman–Crippen MR) is 135 cm³/mol. The zero-order valence-electron chi connectivity index (χ0n) is 19.0. The van der Waals surface area contributed by atoms with Crippen molar-refractivity contribution in [1.82, 2.24) is 19.7 Å². The topological polar surface area (TPSA) is 84.8 Å². The molecule has 1 unspecified atom stereocenters. The second-order valence-electron chi connectivity index (χ2n) is 8.59. The molecule has 35 heavy (non-hydrogen) atoms. The first kappa shape index (κ1) is 21.4. The maximum atomic E-state index is 12.7. The number of nitrogens with one attached hydrogen (secondary N) is 2. The molecule has 0 spiro atoms. The van der Waals surface area contributed by atoms with E-state index in [1.807, 2.05) is 79.7 Å². The number of amides is 1. The molecule has 8 heteroatoms. The quantitative estimate of drug-likeness (QED) is 0.332. The van der Waals surface area contributed by atoms with Gasteiger partial charge in [-0.1, -0.05) is 54.1 Å². The molecule has 1 atom stereocenters. The first-order valence-corrected chi connectivity index (χ1v) is 11.8. The van der Waals surface area contributed by atoms with Crippen molar-refractivity contribution in [3.63, 3.8) is 0 Å². The smallest absolute Gasteiger partial charge is 0.231 e. The number of benzene rings is 3. The summed E-state index contributed by atoms with van der Waals surface area (Å²) >= 11 is 6.23. The number of aryl methyl sites for hydroxylation is 1. The average molecular weight is 484 g/mol. The van der Waals surface area contributed by atoms with Crippen molar-refractivity contribution < 1.29 is 9.53 Å². The van der Waals surface area contributed by atoms with E-state index >= 15 is 0 Å². The van der Waals surface area contributed by atoms with Gasteiger partial charge >= 0.3 is 0 Å². The number of imidazole rings is 1. The van der Waals surface area contributed by atoms with Gasteiger partial charge in [-0.2, -0.15) is 9.78 Å².